The lowest BCUT2D eigenvalue weighted by molar-refractivity contribution is 0.491. The molecule has 0 fully saturated rings. The Kier molecular flexibility index (Phi) is 6.49. The van der Waals surface area contributed by atoms with Crippen molar-refractivity contribution in [3.63, 3.8) is 0 Å². The lowest BCUT2D eigenvalue weighted by Crippen LogP contribution is -2.28. The van der Waals surface area contributed by atoms with E-state index in [0.29, 0.717) is 12.0 Å². The summed E-state index contributed by atoms with van der Waals surface area (Å²) in [6.45, 7) is 5.69. The predicted octanol–water partition coefficient (Wildman–Crippen LogP) is 4.79. The molecule has 2 rings (SSSR count). The average Bonchev–Trinajstić information content (AvgIpc) is 2.54. The first-order valence-electron chi connectivity index (χ1n) is 8.08. The molecule has 2 atom stereocenters. The summed E-state index contributed by atoms with van der Waals surface area (Å²) in [5.74, 6) is 0.625. The Balaban J connectivity index is 1.64. The van der Waals surface area contributed by atoms with Gasteiger partial charge in [-0.15, -0.1) is 0 Å². The largest absolute Gasteiger partial charge is 0.314 e. The van der Waals surface area contributed by atoms with Crippen molar-refractivity contribution >= 4 is 0 Å². The molecular formula is C20H27N. The number of nitrogens with one attached hydrogen (secondary N) is 1. The molecule has 0 aromatic heterocycles. The van der Waals surface area contributed by atoms with Crippen molar-refractivity contribution in [3.05, 3.63) is 71.8 Å². The zero-order valence-electron chi connectivity index (χ0n) is 13.3. The summed E-state index contributed by atoms with van der Waals surface area (Å²) < 4.78 is 0. The third kappa shape index (κ3) is 5.73. The van der Waals surface area contributed by atoms with Crippen molar-refractivity contribution in [2.24, 2.45) is 0 Å². The third-order valence-electron chi connectivity index (χ3n) is 4.15. The van der Waals surface area contributed by atoms with E-state index in [1.807, 2.05) is 0 Å². The zero-order valence-corrected chi connectivity index (χ0v) is 13.3. The number of hydrogen-bond acceptors (Lipinski definition) is 1. The maximum Gasteiger partial charge on any atom is 0.00418 e. The average molecular weight is 281 g/mol. The van der Waals surface area contributed by atoms with Crippen molar-refractivity contribution in [3.8, 4) is 0 Å². The van der Waals surface area contributed by atoms with Crippen LogP contribution >= 0.6 is 0 Å². The van der Waals surface area contributed by atoms with E-state index < -0.39 is 0 Å². The Labute approximate surface area is 129 Å². The van der Waals surface area contributed by atoms with Crippen LogP contribution in [0.3, 0.4) is 0 Å². The van der Waals surface area contributed by atoms with Gasteiger partial charge in [0.25, 0.3) is 0 Å². The van der Waals surface area contributed by atoms with Crippen molar-refractivity contribution in [2.45, 2.75) is 45.1 Å². The van der Waals surface area contributed by atoms with Gasteiger partial charge < -0.3 is 5.32 Å². The predicted molar refractivity (Wildman–Crippen MR) is 91.7 cm³/mol. The van der Waals surface area contributed by atoms with Gasteiger partial charge in [-0.3, -0.25) is 0 Å². The van der Waals surface area contributed by atoms with Gasteiger partial charge in [0.15, 0.2) is 0 Å². The summed E-state index contributed by atoms with van der Waals surface area (Å²) in [5, 5.41) is 3.65. The first-order valence-corrected chi connectivity index (χ1v) is 8.08. The Morgan fingerprint density at radius 1 is 0.810 bits per heavy atom. The molecule has 1 N–H and O–H groups in total. The van der Waals surface area contributed by atoms with E-state index in [2.05, 4.69) is 79.8 Å². The van der Waals surface area contributed by atoms with E-state index in [9.17, 15) is 0 Å². The number of benzene rings is 2. The molecule has 0 saturated heterocycles. The summed E-state index contributed by atoms with van der Waals surface area (Å²) in [7, 11) is 0. The highest BCUT2D eigenvalue weighted by atomic mass is 14.9. The van der Waals surface area contributed by atoms with Crippen LogP contribution in [0.5, 0.6) is 0 Å². The molecule has 0 saturated carbocycles. The van der Waals surface area contributed by atoms with Crippen LogP contribution in [0.4, 0.5) is 0 Å². The van der Waals surface area contributed by atoms with Gasteiger partial charge in [-0.2, -0.15) is 0 Å². The van der Waals surface area contributed by atoms with Gasteiger partial charge in [-0.05, 0) is 49.8 Å². The fourth-order valence-corrected chi connectivity index (χ4v) is 2.62. The lowest BCUT2D eigenvalue weighted by atomic mass is 9.98. The highest BCUT2D eigenvalue weighted by Crippen LogP contribution is 2.17. The van der Waals surface area contributed by atoms with Crippen molar-refractivity contribution in [1.29, 1.82) is 0 Å². The van der Waals surface area contributed by atoms with Gasteiger partial charge in [0.05, 0.1) is 0 Å². The van der Waals surface area contributed by atoms with E-state index in [1.54, 1.807) is 0 Å². The number of hydrogen-bond donors (Lipinski definition) is 1. The molecule has 0 aliphatic carbocycles. The fourth-order valence-electron chi connectivity index (χ4n) is 2.62. The molecule has 0 bridgehead atoms. The van der Waals surface area contributed by atoms with E-state index in [-0.39, 0.29) is 0 Å². The second-order valence-electron chi connectivity index (χ2n) is 5.98. The minimum Gasteiger partial charge on any atom is -0.314 e. The molecule has 112 valence electrons. The van der Waals surface area contributed by atoms with Gasteiger partial charge in [0, 0.05) is 6.04 Å². The topological polar surface area (TPSA) is 12.0 Å². The van der Waals surface area contributed by atoms with Crippen LogP contribution in [0.25, 0.3) is 0 Å². The normalized spacial score (nSPS) is 13.8. The zero-order chi connectivity index (χ0) is 14.9. The first-order chi connectivity index (χ1) is 10.3. The Bertz CT molecular complexity index is 492. The molecule has 0 amide bonds. The summed E-state index contributed by atoms with van der Waals surface area (Å²) >= 11 is 0. The van der Waals surface area contributed by atoms with E-state index >= 15 is 0 Å². The van der Waals surface area contributed by atoms with Crippen LogP contribution in [0.1, 0.15) is 43.7 Å². The van der Waals surface area contributed by atoms with E-state index in [4.69, 9.17) is 0 Å². The maximum absolute atomic E-state index is 3.65. The third-order valence-corrected chi connectivity index (χ3v) is 4.15. The SMILES string of the molecule is CC(CCc1ccccc1)NCCC(C)c1ccccc1. The molecule has 2 aromatic rings. The monoisotopic (exact) mass is 281 g/mol. The van der Waals surface area contributed by atoms with Gasteiger partial charge in [-0.1, -0.05) is 67.6 Å². The first kappa shape index (κ1) is 15.8. The molecule has 0 heterocycles. The molecule has 1 heteroatoms. The Hall–Kier alpha value is -1.60. The molecule has 0 radical (unpaired) electrons. The van der Waals surface area contributed by atoms with E-state index in [1.165, 1.54) is 24.0 Å². The summed E-state index contributed by atoms with van der Waals surface area (Å²) in [6, 6.07) is 22.1. The number of rotatable bonds is 8. The second-order valence-corrected chi connectivity index (χ2v) is 5.98. The molecule has 0 spiro atoms. The lowest BCUT2D eigenvalue weighted by Gasteiger charge is -2.16. The van der Waals surface area contributed by atoms with Crippen LogP contribution in [0.2, 0.25) is 0 Å². The Morgan fingerprint density at radius 2 is 1.43 bits per heavy atom. The van der Waals surface area contributed by atoms with Crippen LogP contribution in [-0.2, 0) is 6.42 Å². The molecule has 2 aromatic carbocycles. The molecule has 1 nitrogen and oxygen atoms in total. The van der Waals surface area contributed by atoms with E-state index in [0.717, 1.165) is 13.0 Å². The molecular weight excluding hydrogens is 254 g/mol. The Morgan fingerprint density at radius 3 is 2.10 bits per heavy atom. The van der Waals surface area contributed by atoms with Gasteiger partial charge >= 0.3 is 0 Å². The minimum atomic E-state index is 0.577. The van der Waals surface area contributed by atoms with Crippen LogP contribution in [-0.4, -0.2) is 12.6 Å². The van der Waals surface area contributed by atoms with Crippen molar-refractivity contribution in [2.75, 3.05) is 6.54 Å². The summed E-state index contributed by atoms with van der Waals surface area (Å²) in [5.41, 5.74) is 2.88. The maximum atomic E-state index is 3.65. The molecule has 21 heavy (non-hydrogen) atoms. The minimum absolute atomic E-state index is 0.577. The quantitative estimate of drug-likeness (QED) is 0.733. The molecule has 0 aliphatic rings. The van der Waals surface area contributed by atoms with Crippen LogP contribution in [0.15, 0.2) is 60.7 Å². The molecule has 2 unspecified atom stereocenters. The van der Waals surface area contributed by atoms with Crippen LogP contribution < -0.4 is 5.32 Å². The van der Waals surface area contributed by atoms with Crippen molar-refractivity contribution in [1.82, 2.24) is 5.32 Å². The number of aryl methyl sites for hydroxylation is 1. The van der Waals surface area contributed by atoms with Crippen molar-refractivity contribution < 1.29 is 0 Å². The summed E-state index contributed by atoms with van der Waals surface area (Å²) in [6.07, 6.45) is 3.55. The van der Waals surface area contributed by atoms with Gasteiger partial charge in [-0.25, -0.2) is 0 Å². The molecule has 0 aliphatic heterocycles. The van der Waals surface area contributed by atoms with Gasteiger partial charge in [0.1, 0.15) is 0 Å². The fraction of sp³-hybridized carbons (Fsp3) is 0.400. The standard InChI is InChI=1S/C20H27N/c1-17(20-11-7-4-8-12-20)15-16-21-18(2)13-14-19-9-5-3-6-10-19/h3-12,17-18,21H,13-16H2,1-2H3. The van der Waals surface area contributed by atoms with Crippen LogP contribution in [0, 0.1) is 0 Å². The second kappa shape index (κ2) is 8.63. The highest BCUT2D eigenvalue weighted by Gasteiger charge is 2.06. The van der Waals surface area contributed by atoms with Gasteiger partial charge in [0.2, 0.25) is 0 Å². The smallest absolute Gasteiger partial charge is 0.00418 e. The highest BCUT2D eigenvalue weighted by molar-refractivity contribution is 5.18. The summed E-state index contributed by atoms with van der Waals surface area (Å²) in [4.78, 5) is 0.